The predicted octanol–water partition coefficient (Wildman–Crippen LogP) is 0.266. The van der Waals surface area contributed by atoms with E-state index in [1.165, 1.54) is 6.20 Å². The number of fused-ring (bicyclic) bond motifs is 1. The Morgan fingerprint density at radius 1 is 1.43 bits per heavy atom. The molecule has 2 aromatic heterocycles. The van der Waals surface area contributed by atoms with Gasteiger partial charge in [-0.15, -0.1) is 0 Å². The van der Waals surface area contributed by atoms with E-state index in [1.54, 1.807) is 6.07 Å². The minimum absolute atomic E-state index is 0.295. The first kappa shape index (κ1) is 15.8. The van der Waals surface area contributed by atoms with E-state index in [4.69, 9.17) is 0 Å². The maximum absolute atomic E-state index is 13.7. The van der Waals surface area contributed by atoms with E-state index in [0.29, 0.717) is 42.9 Å². The quantitative estimate of drug-likeness (QED) is 0.807. The zero-order valence-electron chi connectivity index (χ0n) is 12.4. The molecule has 9 heteroatoms. The summed E-state index contributed by atoms with van der Waals surface area (Å²) in [6.45, 7) is 1.21. The van der Waals surface area contributed by atoms with Crippen molar-refractivity contribution in [2.24, 2.45) is 0 Å². The van der Waals surface area contributed by atoms with Gasteiger partial charge in [0.1, 0.15) is 5.82 Å². The van der Waals surface area contributed by atoms with Gasteiger partial charge in [0.05, 0.1) is 17.5 Å². The molecule has 0 spiro atoms. The molecule has 0 aromatic carbocycles. The van der Waals surface area contributed by atoms with E-state index >= 15 is 0 Å². The van der Waals surface area contributed by atoms with Gasteiger partial charge in [0, 0.05) is 44.1 Å². The summed E-state index contributed by atoms with van der Waals surface area (Å²) in [6.07, 6.45) is 4.11. The Balaban J connectivity index is 1.87. The molecule has 0 unspecified atom stereocenters. The van der Waals surface area contributed by atoms with Crippen molar-refractivity contribution in [1.82, 2.24) is 19.9 Å². The second kappa shape index (κ2) is 5.82. The molecule has 1 aliphatic rings. The molecule has 2 aromatic rings. The Labute approximate surface area is 132 Å². The molecule has 0 aliphatic carbocycles. The van der Waals surface area contributed by atoms with Crippen LogP contribution >= 0.6 is 0 Å². The Kier molecular flexibility index (Phi) is 3.99. The van der Waals surface area contributed by atoms with Crippen LogP contribution in [-0.4, -0.2) is 41.1 Å². The van der Waals surface area contributed by atoms with Gasteiger partial charge in [-0.25, -0.2) is 17.8 Å². The number of rotatable bonds is 3. The summed E-state index contributed by atoms with van der Waals surface area (Å²) in [6, 6.07) is 1.60. The normalized spacial score (nSPS) is 15.4. The van der Waals surface area contributed by atoms with Crippen LogP contribution in [-0.2, 0) is 29.3 Å². The topological polar surface area (TPSA) is 96.0 Å². The van der Waals surface area contributed by atoms with Crippen molar-refractivity contribution in [2.45, 2.75) is 24.7 Å². The van der Waals surface area contributed by atoms with Crippen molar-refractivity contribution in [3.05, 3.63) is 51.5 Å². The first-order valence-electron chi connectivity index (χ1n) is 6.97. The minimum Gasteiger partial charge on any atom is -0.297 e. The van der Waals surface area contributed by atoms with Gasteiger partial charge in [0.15, 0.2) is 0 Å². The highest BCUT2D eigenvalue weighted by molar-refractivity contribution is 7.90. The molecule has 0 radical (unpaired) electrons. The maximum Gasteiger partial charge on any atom is 0.256 e. The summed E-state index contributed by atoms with van der Waals surface area (Å²) in [7, 11) is -3.56. The Morgan fingerprint density at radius 2 is 2.22 bits per heavy atom. The van der Waals surface area contributed by atoms with Gasteiger partial charge in [-0.2, -0.15) is 0 Å². The number of hydrogen-bond donors (Lipinski definition) is 1. The highest BCUT2D eigenvalue weighted by Crippen LogP contribution is 2.18. The number of nitrogens with one attached hydrogen (secondary N) is 1. The summed E-state index contributed by atoms with van der Waals surface area (Å²) < 4.78 is 36.7. The molecule has 3 heterocycles. The van der Waals surface area contributed by atoms with E-state index in [1.807, 2.05) is 4.90 Å². The monoisotopic (exact) mass is 338 g/mol. The summed E-state index contributed by atoms with van der Waals surface area (Å²) in [5.41, 5.74) is 0.953. The number of aromatic amines is 1. The summed E-state index contributed by atoms with van der Waals surface area (Å²) in [4.78, 5) is 24.1. The maximum atomic E-state index is 13.7. The molecule has 1 N–H and O–H groups in total. The lowest BCUT2D eigenvalue weighted by atomic mass is 10.1. The van der Waals surface area contributed by atoms with Gasteiger partial charge in [-0.1, -0.05) is 0 Å². The number of aromatic nitrogens is 3. The predicted molar refractivity (Wildman–Crippen MR) is 80.0 cm³/mol. The van der Waals surface area contributed by atoms with Crippen LogP contribution in [0.2, 0.25) is 0 Å². The summed E-state index contributed by atoms with van der Waals surface area (Å²) in [5.74, 6) is -0.391. The number of hydrogen-bond acceptors (Lipinski definition) is 6. The lowest BCUT2D eigenvalue weighted by Gasteiger charge is -2.27. The van der Waals surface area contributed by atoms with Gasteiger partial charge in [0.25, 0.3) is 5.56 Å². The van der Waals surface area contributed by atoms with Crippen molar-refractivity contribution in [3.8, 4) is 0 Å². The van der Waals surface area contributed by atoms with Crippen LogP contribution in [0, 0.1) is 5.82 Å². The standard InChI is InChI=1S/C14H15FN4O3S/c1-23(21,22)14-17-12-3-5-19(8-10(12)13(20)18-14)7-9-2-4-16-6-11(9)15/h2,4,6H,3,5,7-8H2,1H3,(H,17,18,20). The van der Waals surface area contributed by atoms with E-state index in [2.05, 4.69) is 15.0 Å². The van der Waals surface area contributed by atoms with Crippen LogP contribution in [0.25, 0.3) is 0 Å². The van der Waals surface area contributed by atoms with Crippen LogP contribution < -0.4 is 5.56 Å². The third-order valence-electron chi connectivity index (χ3n) is 3.73. The average Bonchev–Trinajstić information content (AvgIpc) is 2.49. The zero-order valence-corrected chi connectivity index (χ0v) is 13.2. The van der Waals surface area contributed by atoms with Crippen molar-refractivity contribution in [2.75, 3.05) is 12.8 Å². The van der Waals surface area contributed by atoms with Gasteiger partial charge in [-0.05, 0) is 6.07 Å². The molecule has 23 heavy (non-hydrogen) atoms. The Hall–Kier alpha value is -2.13. The second-order valence-electron chi connectivity index (χ2n) is 5.50. The molecule has 0 saturated heterocycles. The fraction of sp³-hybridized carbons (Fsp3) is 0.357. The third-order valence-corrected chi connectivity index (χ3v) is 4.62. The van der Waals surface area contributed by atoms with E-state index in [-0.39, 0.29) is 5.16 Å². The molecular formula is C14H15FN4O3S. The molecule has 1 aliphatic heterocycles. The highest BCUT2D eigenvalue weighted by Gasteiger charge is 2.23. The summed E-state index contributed by atoms with van der Waals surface area (Å²) in [5, 5.41) is -0.310. The lowest BCUT2D eigenvalue weighted by Crippen LogP contribution is -2.36. The van der Waals surface area contributed by atoms with Crippen molar-refractivity contribution in [3.63, 3.8) is 0 Å². The lowest BCUT2D eigenvalue weighted by molar-refractivity contribution is 0.237. The van der Waals surface area contributed by atoms with Crippen LogP contribution in [0.1, 0.15) is 16.8 Å². The van der Waals surface area contributed by atoms with Crippen molar-refractivity contribution >= 4 is 9.84 Å². The molecule has 3 rings (SSSR count). The van der Waals surface area contributed by atoms with Crippen LogP contribution in [0.4, 0.5) is 4.39 Å². The van der Waals surface area contributed by atoms with E-state index in [0.717, 1.165) is 12.5 Å². The smallest absolute Gasteiger partial charge is 0.256 e. The molecule has 0 amide bonds. The number of pyridine rings is 1. The molecule has 0 fully saturated rings. The van der Waals surface area contributed by atoms with Gasteiger partial charge < -0.3 is 0 Å². The van der Waals surface area contributed by atoms with Crippen molar-refractivity contribution < 1.29 is 12.8 Å². The van der Waals surface area contributed by atoms with E-state index in [9.17, 15) is 17.6 Å². The van der Waals surface area contributed by atoms with Crippen LogP contribution in [0.5, 0.6) is 0 Å². The number of sulfone groups is 1. The Morgan fingerprint density at radius 3 is 2.91 bits per heavy atom. The van der Waals surface area contributed by atoms with E-state index < -0.39 is 21.2 Å². The number of halogens is 1. The minimum atomic E-state index is -3.56. The molecule has 0 saturated carbocycles. The Bertz CT molecular complexity index is 910. The summed E-state index contributed by atoms with van der Waals surface area (Å²) >= 11 is 0. The van der Waals surface area contributed by atoms with Gasteiger partial charge >= 0.3 is 0 Å². The first-order chi connectivity index (χ1) is 10.8. The molecule has 7 nitrogen and oxygen atoms in total. The van der Waals surface area contributed by atoms with Crippen molar-refractivity contribution in [1.29, 1.82) is 0 Å². The zero-order chi connectivity index (χ0) is 16.6. The van der Waals surface area contributed by atoms with Crippen LogP contribution in [0.15, 0.2) is 28.4 Å². The SMILES string of the molecule is CS(=O)(=O)c1nc2c(c(=O)[nH]1)CN(Cc1ccncc1F)CC2. The fourth-order valence-electron chi connectivity index (χ4n) is 2.54. The van der Waals surface area contributed by atoms with Crippen LogP contribution in [0.3, 0.4) is 0 Å². The third kappa shape index (κ3) is 3.30. The molecular weight excluding hydrogens is 323 g/mol. The molecule has 0 atom stereocenters. The van der Waals surface area contributed by atoms with Gasteiger partial charge in [-0.3, -0.25) is 19.7 Å². The largest absolute Gasteiger partial charge is 0.297 e. The van der Waals surface area contributed by atoms with Gasteiger partial charge in [0.2, 0.25) is 15.0 Å². The second-order valence-corrected chi connectivity index (χ2v) is 7.43. The first-order valence-corrected chi connectivity index (χ1v) is 8.86. The average molecular weight is 338 g/mol. The molecule has 122 valence electrons. The number of nitrogens with zero attached hydrogens (tertiary/aromatic N) is 3. The number of H-pyrrole nitrogens is 1. The fourth-order valence-corrected chi connectivity index (χ4v) is 3.10. The highest BCUT2D eigenvalue weighted by atomic mass is 32.2. The molecule has 0 bridgehead atoms.